The van der Waals surface area contributed by atoms with Crippen LogP contribution in [0.1, 0.15) is 30.2 Å². The number of rotatable bonds is 3. The summed E-state index contributed by atoms with van der Waals surface area (Å²) < 4.78 is 5.09. The largest absolute Gasteiger partial charge is 0.337 e. The Bertz CT molecular complexity index is 424. The SMILES string of the molecule is CCc1noc([C@H](N)c2ccccc2)n1. The highest BCUT2D eigenvalue weighted by Gasteiger charge is 2.15. The van der Waals surface area contributed by atoms with Crippen LogP contribution in [0.25, 0.3) is 0 Å². The standard InChI is InChI=1S/C11H13N3O/c1-2-9-13-11(15-14-9)10(12)8-6-4-3-5-7-8/h3-7,10H,2,12H2,1H3/t10-/m1/s1. The number of nitrogens with two attached hydrogens (primary N) is 1. The van der Waals surface area contributed by atoms with E-state index in [1.165, 1.54) is 0 Å². The lowest BCUT2D eigenvalue weighted by Crippen LogP contribution is -2.12. The van der Waals surface area contributed by atoms with Crippen molar-refractivity contribution < 1.29 is 4.52 Å². The highest BCUT2D eigenvalue weighted by atomic mass is 16.5. The van der Waals surface area contributed by atoms with E-state index in [2.05, 4.69) is 10.1 Å². The summed E-state index contributed by atoms with van der Waals surface area (Å²) in [6.45, 7) is 1.97. The van der Waals surface area contributed by atoms with E-state index in [0.717, 1.165) is 12.0 Å². The van der Waals surface area contributed by atoms with Crippen molar-refractivity contribution in [3.05, 3.63) is 47.6 Å². The van der Waals surface area contributed by atoms with Crippen molar-refractivity contribution in [1.82, 2.24) is 10.1 Å². The molecular weight excluding hydrogens is 190 g/mol. The lowest BCUT2D eigenvalue weighted by atomic mass is 10.1. The van der Waals surface area contributed by atoms with E-state index in [9.17, 15) is 0 Å². The molecule has 15 heavy (non-hydrogen) atoms. The van der Waals surface area contributed by atoms with E-state index in [-0.39, 0.29) is 6.04 Å². The van der Waals surface area contributed by atoms with E-state index >= 15 is 0 Å². The summed E-state index contributed by atoms with van der Waals surface area (Å²) in [6.07, 6.45) is 0.755. The molecule has 0 saturated heterocycles. The summed E-state index contributed by atoms with van der Waals surface area (Å²) in [4.78, 5) is 4.20. The van der Waals surface area contributed by atoms with Gasteiger partial charge in [0.05, 0.1) is 0 Å². The fourth-order valence-electron chi connectivity index (χ4n) is 1.34. The maximum Gasteiger partial charge on any atom is 0.248 e. The summed E-state index contributed by atoms with van der Waals surface area (Å²) >= 11 is 0. The molecule has 0 bridgehead atoms. The molecule has 0 fully saturated rings. The second kappa shape index (κ2) is 4.23. The van der Waals surface area contributed by atoms with Crippen molar-refractivity contribution >= 4 is 0 Å². The molecule has 1 atom stereocenters. The van der Waals surface area contributed by atoms with E-state index in [0.29, 0.717) is 11.7 Å². The molecule has 0 aliphatic heterocycles. The molecule has 0 unspecified atom stereocenters. The third kappa shape index (κ3) is 2.05. The van der Waals surface area contributed by atoms with Gasteiger partial charge < -0.3 is 10.3 Å². The average Bonchev–Trinajstić information content (AvgIpc) is 2.78. The van der Waals surface area contributed by atoms with Gasteiger partial charge in [0.1, 0.15) is 6.04 Å². The van der Waals surface area contributed by atoms with Crippen LogP contribution in [0.3, 0.4) is 0 Å². The summed E-state index contributed by atoms with van der Waals surface area (Å²) in [5, 5.41) is 3.82. The first-order valence-corrected chi connectivity index (χ1v) is 4.94. The number of benzene rings is 1. The van der Waals surface area contributed by atoms with E-state index in [1.807, 2.05) is 37.3 Å². The van der Waals surface area contributed by atoms with Gasteiger partial charge in [-0.15, -0.1) is 0 Å². The van der Waals surface area contributed by atoms with Gasteiger partial charge in [0.25, 0.3) is 0 Å². The molecule has 2 rings (SSSR count). The smallest absolute Gasteiger partial charge is 0.248 e. The summed E-state index contributed by atoms with van der Waals surface area (Å²) in [5.74, 6) is 1.16. The van der Waals surface area contributed by atoms with Gasteiger partial charge in [-0.05, 0) is 5.56 Å². The quantitative estimate of drug-likeness (QED) is 0.824. The van der Waals surface area contributed by atoms with Crippen LogP contribution in [0.5, 0.6) is 0 Å². The summed E-state index contributed by atoms with van der Waals surface area (Å²) in [7, 11) is 0. The molecule has 0 aliphatic carbocycles. The molecule has 0 saturated carbocycles. The Morgan fingerprint density at radius 3 is 2.67 bits per heavy atom. The molecule has 1 aromatic heterocycles. The minimum atomic E-state index is -0.334. The fourth-order valence-corrected chi connectivity index (χ4v) is 1.34. The van der Waals surface area contributed by atoms with Gasteiger partial charge in [0.2, 0.25) is 5.89 Å². The number of aromatic nitrogens is 2. The molecule has 2 aromatic rings. The molecule has 0 amide bonds. The third-order valence-corrected chi connectivity index (χ3v) is 2.22. The van der Waals surface area contributed by atoms with E-state index in [4.69, 9.17) is 10.3 Å². The van der Waals surface area contributed by atoms with Crippen LogP contribution in [-0.2, 0) is 6.42 Å². The van der Waals surface area contributed by atoms with Crippen LogP contribution in [-0.4, -0.2) is 10.1 Å². The van der Waals surface area contributed by atoms with Crippen LogP contribution in [0.4, 0.5) is 0 Å². The van der Waals surface area contributed by atoms with Crippen LogP contribution in [0.15, 0.2) is 34.9 Å². The minimum Gasteiger partial charge on any atom is -0.337 e. The number of aryl methyl sites for hydroxylation is 1. The molecule has 0 aliphatic rings. The van der Waals surface area contributed by atoms with Gasteiger partial charge in [-0.2, -0.15) is 4.98 Å². The zero-order valence-electron chi connectivity index (χ0n) is 8.55. The first-order valence-electron chi connectivity index (χ1n) is 4.94. The highest BCUT2D eigenvalue weighted by Crippen LogP contribution is 2.17. The van der Waals surface area contributed by atoms with Gasteiger partial charge in [0, 0.05) is 6.42 Å². The summed E-state index contributed by atoms with van der Waals surface area (Å²) in [5.41, 5.74) is 6.96. The molecular formula is C11H13N3O. The predicted molar refractivity (Wildman–Crippen MR) is 56.1 cm³/mol. The topological polar surface area (TPSA) is 64.9 Å². The van der Waals surface area contributed by atoms with Crippen molar-refractivity contribution in [2.45, 2.75) is 19.4 Å². The maximum absolute atomic E-state index is 5.99. The van der Waals surface area contributed by atoms with Crippen molar-refractivity contribution in [3.8, 4) is 0 Å². The predicted octanol–water partition coefficient (Wildman–Crippen LogP) is 1.68. The van der Waals surface area contributed by atoms with E-state index in [1.54, 1.807) is 0 Å². The van der Waals surface area contributed by atoms with Gasteiger partial charge in [-0.3, -0.25) is 0 Å². The van der Waals surface area contributed by atoms with Crippen molar-refractivity contribution in [3.63, 3.8) is 0 Å². The maximum atomic E-state index is 5.99. The Morgan fingerprint density at radius 1 is 1.33 bits per heavy atom. The van der Waals surface area contributed by atoms with Gasteiger partial charge in [-0.25, -0.2) is 0 Å². The molecule has 2 N–H and O–H groups in total. The third-order valence-electron chi connectivity index (χ3n) is 2.22. The van der Waals surface area contributed by atoms with E-state index < -0.39 is 0 Å². The number of hydrogen-bond donors (Lipinski definition) is 1. The van der Waals surface area contributed by atoms with Gasteiger partial charge >= 0.3 is 0 Å². The minimum absolute atomic E-state index is 0.334. The molecule has 0 radical (unpaired) electrons. The lowest BCUT2D eigenvalue weighted by molar-refractivity contribution is 0.363. The van der Waals surface area contributed by atoms with Crippen molar-refractivity contribution in [1.29, 1.82) is 0 Å². The first kappa shape index (κ1) is 9.86. The number of nitrogens with zero attached hydrogens (tertiary/aromatic N) is 2. The Hall–Kier alpha value is -1.68. The van der Waals surface area contributed by atoms with Crippen molar-refractivity contribution in [2.24, 2.45) is 5.73 Å². The van der Waals surface area contributed by atoms with Gasteiger partial charge in [-0.1, -0.05) is 42.4 Å². The van der Waals surface area contributed by atoms with Crippen LogP contribution < -0.4 is 5.73 Å². The van der Waals surface area contributed by atoms with Crippen molar-refractivity contribution in [2.75, 3.05) is 0 Å². The highest BCUT2D eigenvalue weighted by molar-refractivity contribution is 5.22. The van der Waals surface area contributed by atoms with Crippen LogP contribution >= 0.6 is 0 Å². The molecule has 4 heteroatoms. The lowest BCUT2D eigenvalue weighted by Gasteiger charge is -2.05. The zero-order valence-corrected chi connectivity index (χ0v) is 8.55. The van der Waals surface area contributed by atoms with Gasteiger partial charge in [0.15, 0.2) is 5.82 Å². The summed E-state index contributed by atoms with van der Waals surface area (Å²) in [6, 6.07) is 9.38. The Morgan fingerprint density at radius 2 is 2.07 bits per heavy atom. The first-order chi connectivity index (χ1) is 7.31. The molecule has 4 nitrogen and oxygen atoms in total. The molecule has 78 valence electrons. The normalized spacial score (nSPS) is 12.7. The monoisotopic (exact) mass is 203 g/mol. The second-order valence-corrected chi connectivity index (χ2v) is 3.29. The average molecular weight is 203 g/mol. The Balaban J connectivity index is 2.24. The second-order valence-electron chi connectivity index (χ2n) is 3.29. The zero-order chi connectivity index (χ0) is 10.7. The molecule has 0 spiro atoms. The Labute approximate surface area is 88.1 Å². The van der Waals surface area contributed by atoms with Crippen LogP contribution in [0, 0.1) is 0 Å². The van der Waals surface area contributed by atoms with Crippen LogP contribution in [0.2, 0.25) is 0 Å². The molecule has 1 aromatic carbocycles. The molecule has 1 heterocycles. The Kier molecular flexibility index (Phi) is 2.78. The number of hydrogen-bond acceptors (Lipinski definition) is 4. The fraction of sp³-hybridized carbons (Fsp3) is 0.273.